The second-order valence-electron chi connectivity index (χ2n) is 5.29. The van der Waals surface area contributed by atoms with E-state index in [4.69, 9.17) is 0 Å². The number of nitrogens with one attached hydrogen (secondary N) is 1. The molecule has 4 nitrogen and oxygen atoms in total. The molecule has 27 heavy (non-hydrogen) atoms. The van der Waals surface area contributed by atoms with Gasteiger partial charge in [0.1, 0.15) is 16.6 Å². The second kappa shape index (κ2) is 7.73. The highest BCUT2D eigenvalue weighted by Crippen LogP contribution is 2.31. The lowest BCUT2D eigenvalue weighted by Gasteiger charge is -2.09. The van der Waals surface area contributed by atoms with Crippen molar-refractivity contribution in [3.05, 3.63) is 63.3 Å². The molecule has 1 N–H and O–H groups in total. The minimum absolute atomic E-state index is 0.0479. The van der Waals surface area contributed by atoms with Crippen LogP contribution in [0.1, 0.15) is 11.3 Å². The SMILES string of the molecule is N#CC(=Cc1csc(-c2ccsc2)n1)C(=O)Nc1cccc(C(F)(F)F)c1. The van der Waals surface area contributed by atoms with Crippen LogP contribution in [-0.2, 0) is 11.0 Å². The van der Waals surface area contributed by atoms with Crippen LogP contribution >= 0.6 is 22.7 Å². The van der Waals surface area contributed by atoms with E-state index in [-0.39, 0.29) is 11.3 Å². The number of anilines is 1. The lowest BCUT2D eigenvalue weighted by atomic mass is 10.1. The van der Waals surface area contributed by atoms with Gasteiger partial charge in [-0.3, -0.25) is 4.79 Å². The Morgan fingerprint density at radius 3 is 2.74 bits per heavy atom. The third-order valence-corrected chi connectivity index (χ3v) is 4.99. The fourth-order valence-corrected chi connectivity index (χ4v) is 3.63. The highest BCUT2D eigenvalue weighted by atomic mass is 32.1. The van der Waals surface area contributed by atoms with Gasteiger partial charge in [-0.25, -0.2) is 4.98 Å². The maximum absolute atomic E-state index is 12.8. The van der Waals surface area contributed by atoms with Gasteiger partial charge in [-0.2, -0.15) is 29.8 Å². The van der Waals surface area contributed by atoms with E-state index in [1.165, 1.54) is 40.9 Å². The quantitative estimate of drug-likeness (QED) is 0.465. The van der Waals surface area contributed by atoms with Gasteiger partial charge >= 0.3 is 6.18 Å². The van der Waals surface area contributed by atoms with Crippen molar-refractivity contribution < 1.29 is 18.0 Å². The average Bonchev–Trinajstić information content (AvgIpc) is 3.30. The molecule has 1 aromatic carbocycles. The van der Waals surface area contributed by atoms with Gasteiger partial charge in [-0.05, 0) is 35.7 Å². The molecule has 0 saturated heterocycles. The number of carbonyl (C=O) groups is 1. The Morgan fingerprint density at radius 1 is 1.26 bits per heavy atom. The predicted octanol–water partition coefficient (Wildman–Crippen LogP) is 5.44. The molecule has 136 valence electrons. The summed E-state index contributed by atoms with van der Waals surface area (Å²) < 4.78 is 38.3. The van der Waals surface area contributed by atoms with Crippen molar-refractivity contribution in [1.82, 2.24) is 4.98 Å². The summed E-state index contributed by atoms with van der Waals surface area (Å²) in [6.07, 6.45) is -3.22. The van der Waals surface area contributed by atoms with Gasteiger partial charge in [0.2, 0.25) is 0 Å². The molecule has 3 aromatic rings. The van der Waals surface area contributed by atoms with Crippen LogP contribution in [0.5, 0.6) is 0 Å². The summed E-state index contributed by atoms with van der Waals surface area (Å²) in [6.45, 7) is 0. The highest BCUT2D eigenvalue weighted by Gasteiger charge is 2.30. The molecule has 0 aliphatic carbocycles. The van der Waals surface area contributed by atoms with Crippen molar-refractivity contribution in [2.45, 2.75) is 6.18 Å². The zero-order valence-corrected chi connectivity index (χ0v) is 15.1. The summed E-state index contributed by atoms with van der Waals surface area (Å²) >= 11 is 2.89. The summed E-state index contributed by atoms with van der Waals surface area (Å²) in [5.41, 5.74) is 0.180. The van der Waals surface area contributed by atoms with Gasteiger partial charge in [0.15, 0.2) is 0 Å². The third kappa shape index (κ3) is 4.61. The van der Waals surface area contributed by atoms with Gasteiger partial charge in [0.25, 0.3) is 5.91 Å². The first-order valence-corrected chi connectivity index (χ1v) is 9.27. The summed E-state index contributed by atoms with van der Waals surface area (Å²) in [4.78, 5) is 16.6. The standard InChI is InChI=1S/C18H10F3N3OS2/c19-18(20,21)13-2-1-3-14(7-13)23-16(25)12(8-22)6-15-10-27-17(24-15)11-4-5-26-9-11/h1-7,9-10H,(H,23,25). The Hall–Kier alpha value is -2.96. The zero-order valence-electron chi connectivity index (χ0n) is 13.4. The van der Waals surface area contributed by atoms with Crippen molar-refractivity contribution in [3.8, 4) is 16.6 Å². The number of alkyl halides is 3. The van der Waals surface area contributed by atoms with Gasteiger partial charge in [-0.15, -0.1) is 11.3 Å². The number of aromatic nitrogens is 1. The molecule has 0 aliphatic rings. The third-order valence-electron chi connectivity index (χ3n) is 3.40. The Labute approximate surface area is 160 Å². The average molecular weight is 405 g/mol. The number of carbonyl (C=O) groups excluding carboxylic acids is 1. The number of hydrogen-bond acceptors (Lipinski definition) is 5. The summed E-state index contributed by atoms with van der Waals surface area (Å²) in [5.74, 6) is -0.804. The van der Waals surface area contributed by atoms with Gasteiger partial charge in [0.05, 0.1) is 11.3 Å². The highest BCUT2D eigenvalue weighted by molar-refractivity contribution is 7.14. The zero-order chi connectivity index (χ0) is 19.4. The van der Waals surface area contributed by atoms with Gasteiger partial charge in [-0.1, -0.05) is 6.07 Å². The monoisotopic (exact) mass is 405 g/mol. The van der Waals surface area contributed by atoms with Crippen LogP contribution in [-0.4, -0.2) is 10.9 Å². The number of halogens is 3. The molecular formula is C18H10F3N3OS2. The largest absolute Gasteiger partial charge is 0.416 e. The Balaban J connectivity index is 1.79. The van der Waals surface area contributed by atoms with Crippen molar-refractivity contribution in [2.24, 2.45) is 0 Å². The van der Waals surface area contributed by atoms with Crippen molar-refractivity contribution >= 4 is 40.3 Å². The minimum Gasteiger partial charge on any atom is -0.321 e. The molecule has 0 spiro atoms. The second-order valence-corrected chi connectivity index (χ2v) is 6.93. The molecule has 0 radical (unpaired) electrons. The molecule has 0 bridgehead atoms. The van der Waals surface area contributed by atoms with Crippen LogP contribution in [0.25, 0.3) is 16.6 Å². The van der Waals surface area contributed by atoms with E-state index >= 15 is 0 Å². The van der Waals surface area contributed by atoms with Crippen LogP contribution in [0.3, 0.4) is 0 Å². The van der Waals surface area contributed by atoms with Gasteiger partial charge in [0, 0.05) is 22.0 Å². The van der Waals surface area contributed by atoms with E-state index in [9.17, 15) is 23.2 Å². The molecule has 0 unspecified atom stereocenters. The fraction of sp³-hybridized carbons (Fsp3) is 0.0556. The number of nitriles is 1. The summed E-state index contributed by atoms with van der Waals surface area (Å²) in [6, 6.07) is 7.87. The van der Waals surface area contributed by atoms with E-state index in [0.29, 0.717) is 5.69 Å². The van der Waals surface area contributed by atoms with E-state index in [0.717, 1.165) is 22.7 Å². The van der Waals surface area contributed by atoms with E-state index < -0.39 is 17.6 Å². The van der Waals surface area contributed by atoms with Crippen LogP contribution in [0.2, 0.25) is 0 Å². The molecule has 2 heterocycles. The van der Waals surface area contributed by atoms with E-state index in [1.807, 2.05) is 16.8 Å². The van der Waals surface area contributed by atoms with Gasteiger partial charge < -0.3 is 5.32 Å². The number of benzene rings is 1. The van der Waals surface area contributed by atoms with Crippen LogP contribution in [0.4, 0.5) is 18.9 Å². The smallest absolute Gasteiger partial charge is 0.321 e. The minimum atomic E-state index is -4.52. The Morgan fingerprint density at radius 2 is 2.07 bits per heavy atom. The Bertz CT molecular complexity index is 1030. The van der Waals surface area contributed by atoms with E-state index in [2.05, 4.69) is 10.3 Å². The molecule has 1 amide bonds. The maximum atomic E-state index is 12.8. The number of hydrogen-bond donors (Lipinski definition) is 1. The first kappa shape index (κ1) is 18.8. The fourth-order valence-electron chi connectivity index (χ4n) is 2.14. The number of thiazole rings is 1. The molecule has 0 atom stereocenters. The molecule has 2 aromatic heterocycles. The first-order valence-electron chi connectivity index (χ1n) is 7.45. The molecular weight excluding hydrogens is 395 g/mol. The molecule has 0 saturated carbocycles. The first-order chi connectivity index (χ1) is 12.9. The number of rotatable bonds is 4. The normalized spacial score (nSPS) is 11.9. The predicted molar refractivity (Wildman–Crippen MR) is 99.1 cm³/mol. The molecule has 3 rings (SSSR count). The van der Waals surface area contributed by atoms with Crippen LogP contribution < -0.4 is 5.32 Å². The van der Waals surface area contributed by atoms with Crippen LogP contribution in [0, 0.1) is 11.3 Å². The summed E-state index contributed by atoms with van der Waals surface area (Å²) in [5, 5.41) is 17.8. The van der Waals surface area contributed by atoms with Crippen molar-refractivity contribution in [1.29, 1.82) is 5.26 Å². The lowest BCUT2D eigenvalue weighted by molar-refractivity contribution is -0.137. The number of nitrogens with zero attached hydrogens (tertiary/aromatic N) is 2. The number of amides is 1. The van der Waals surface area contributed by atoms with Crippen LogP contribution in [0.15, 0.2) is 52.0 Å². The number of thiophene rings is 1. The maximum Gasteiger partial charge on any atom is 0.416 e. The summed E-state index contributed by atoms with van der Waals surface area (Å²) in [7, 11) is 0. The molecule has 0 fully saturated rings. The molecule has 0 aliphatic heterocycles. The van der Waals surface area contributed by atoms with E-state index in [1.54, 1.807) is 11.4 Å². The Kier molecular flexibility index (Phi) is 5.39. The van der Waals surface area contributed by atoms with Crippen molar-refractivity contribution in [3.63, 3.8) is 0 Å². The topological polar surface area (TPSA) is 65.8 Å². The lowest BCUT2D eigenvalue weighted by Crippen LogP contribution is -2.14. The molecule has 9 heteroatoms. The van der Waals surface area contributed by atoms with Crippen molar-refractivity contribution in [2.75, 3.05) is 5.32 Å².